The maximum absolute atomic E-state index is 9.94. The van der Waals surface area contributed by atoms with Gasteiger partial charge in [-0.1, -0.05) is 0 Å². The first kappa shape index (κ1) is 18.9. The van der Waals surface area contributed by atoms with Gasteiger partial charge >= 0.3 is 0 Å². The van der Waals surface area contributed by atoms with Crippen molar-refractivity contribution in [2.75, 3.05) is 13.2 Å². The molecule has 10 atom stereocenters. The third kappa shape index (κ3) is 3.65. The van der Waals surface area contributed by atoms with Crippen LogP contribution in [0.1, 0.15) is 0 Å². The summed E-state index contributed by atoms with van der Waals surface area (Å²) in [5.41, 5.74) is 0. The summed E-state index contributed by atoms with van der Waals surface area (Å²) in [4.78, 5) is 0. The molecular weight excluding hydrogens is 320 g/mol. The van der Waals surface area contributed by atoms with E-state index in [4.69, 9.17) is 19.3 Å². The molecule has 2 saturated heterocycles. The fourth-order valence-corrected chi connectivity index (χ4v) is 2.57. The summed E-state index contributed by atoms with van der Waals surface area (Å²) in [6, 6.07) is 0. The summed E-state index contributed by atoms with van der Waals surface area (Å²) in [6.07, 6.45) is -15.6. The normalized spacial score (nSPS) is 51.7. The Morgan fingerprint density at radius 3 is 1.83 bits per heavy atom. The van der Waals surface area contributed by atoms with Crippen molar-refractivity contribution in [1.82, 2.24) is 0 Å². The molecule has 2 rings (SSSR count). The van der Waals surface area contributed by atoms with Gasteiger partial charge in [0, 0.05) is 0 Å². The summed E-state index contributed by atoms with van der Waals surface area (Å²) in [7, 11) is 0. The van der Waals surface area contributed by atoms with Crippen LogP contribution in [-0.4, -0.2) is 115 Å². The van der Waals surface area contributed by atoms with Gasteiger partial charge in [-0.3, -0.25) is 0 Å². The average molecular weight is 342 g/mol. The van der Waals surface area contributed by atoms with E-state index in [0.29, 0.717) is 0 Å². The molecule has 0 bridgehead atoms. The van der Waals surface area contributed by atoms with Crippen LogP contribution < -0.4 is 0 Å². The van der Waals surface area contributed by atoms with E-state index < -0.39 is 74.6 Å². The van der Waals surface area contributed by atoms with Gasteiger partial charge in [0.05, 0.1) is 13.2 Å². The summed E-state index contributed by atoms with van der Waals surface area (Å²) in [6.45, 7) is -1.35. The Hall–Kier alpha value is -0.440. The van der Waals surface area contributed by atoms with Gasteiger partial charge in [0.15, 0.2) is 12.6 Å². The standard InChI is InChI=1S/C12H22O11/c13-1-3-5(15)6(16)9(19)12(22-3)23-10-4(2-14)21-11(20)8(18)7(10)17/h3-20H,1-2H2/t3-,4-,5-,6+,7+,8-,9+,10+,11+,12-/m1/s1. The fraction of sp³-hybridized carbons (Fsp3) is 1.00. The molecule has 0 aromatic carbocycles. The molecule has 0 aromatic rings. The van der Waals surface area contributed by atoms with Crippen LogP contribution in [0.2, 0.25) is 0 Å². The Morgan fingerprint density at radius 2 is 1.26 bits per heavy atom. The van der Waals surface area contributed by atoms with E-state index in [2.05, 4.69) is 0 Å². The van der Waals surface area contributed by atoms with E-state index in [1.807, 2.05) is 0 Å². The molecule has 2 aliphatic rings. The van der Waals surface area contributed by atoms with Crippen LogP contribution in [0.4, 0.5) is 0 Å². The van der Waals surface area contributed by atoms with Crippen molar-refractivity contribution < 1.29 is 55.1 Å². The van der Waals surface area contributed by atoms with E-state index >= 15 is 0 Å². The summed E-state index contributed by atoms with van der Waals surface area (Å²) < 4.78 is 15.3. The van der Waals surface area contributed by atoms with Crippen molar-refractivity contribution in [2.45, 2.75) is 61.4 Å². The summed E-state index contributed by atoms with van der Waals surface area (Å²) in [5.74, 6) is 0. The first-order valence-electron chi connectivity index (χ1n) is 7.08. The molecule has 0 saturated carbocycles. The second-order valence-corrected chi connectivity index (χ2v) is 5.53. The Bertz CT molecular complexity index is 378. The molecule has 0 aliphatic carbocycles. The number of aliphatic hydroxyl groups is 8. The van der Waals surface area contributed by atoms with Gasteiger partial charge in [-0.15, -0.1) is 0 Å². The summed E-state index contributed by atoms with van der Waals surface area (Å²) in [5, 5.41) is 76.5. The lowest BCUT2D eigenvalue weighted by Gasteiger charge is -2.45. The van der Waals surface area contributed by atoms with E-state index in [0.717, 1.165) is 0 Å². The molecule has 2 heterocycles. The van der Waals surface area contributed by atoms with Gasteiger partial charge in [0.1, 0.15) is 48.8 Å². The van der Waals surface area contributed by atoms with Gasteiger partial charge in [0.2, 0.25) is 0 Å². The molecule has 136 valence electrons. The highest BCUT2D eigenvalue weighted by molar-refractivity contribution is 4.93. The van der Waals surface area contributed by atoms with Crippen molar-refractivity contribution in [3.05, 3.63) is 0 Å². The minimum atomic E-state index is -1.74. The van der Waals surface area contributed by atoms with Crippen molar-refractivity contribution in [2.24, 2.45) is 0 Å². The van der Waals surface area contributed by atoms with Crippen molar-refractivity contribution in [3.63, 3.8) is 0 Å². The fourth-order valence-electron chi connectivity index (χ4n) is 2.57. The quantitative estimate of drug-likeness (QED) is 0.243. The van der Waals surface area contributed by atoms with Crippen molar-refractivity contribution in [1.29, 1.82) is 0 Å². The lowest BCUT2D eigenvalue weighted by atomic mass is 9.97. The Morgan fingerprint density at radius 1 is 0.652 bits per heavy atom. The largest absolute Gasteiger partial charge is 0.394 e. The maximum Gasteiger partial charge on any atom is 0.187 e. The van der Waals surface area contributed by atoms with Crippen LogP contribution in [0.5, 0.6) is 0 Å². The molecule has 0 spiro atoms. The first-order chi connectivity index (χ1) is 10.8. The van der Waals surface area contributed by atoms with E-state index in [-0.39, 0.29) is 0 Å². The van der Waals surface area contributed by atoms with E-state index in [9.17, 15) is 35.7 Å². The maximum atomic E-state index is 9.94. The van der Waals surface area contributed by atoms with Crippen LogP contribution in [-0.2, 0) is 14.2 Å². The van der Waals surface area contributed by atoms with Crippen molar-refractivity contribution >= 4 is 0 Å². The smallest absolute Gasteiger partial charge is 0.187 e. The number of rotatable bonds is 4. The predicted molar refractivity (Wildman–Crippen MR) is 68.6 cm³/mol. The third-order valence-corrected chi connectivity index (χ3v) is 3.98. The molecule has 0 radical (unpaired) electrons. The minimum absolute atomic E-state index is 0.667. The molecule has 11 nitrogen and oxygen atoms in total. The molecule has 0 unspecified atom stereocenters. The number of aliphatic hydroxyl groups excluding tert-OH is 8. The Balaban J connectivity index is 2.11. The highest BCUT2D eigenvalue weighted by atomic mass is 16.7. The SMILES string of the molecule is OC[C@H]1O[C@H](O[C@@H]2[C@@H](O)[C@@H](O)[C@@H](O)O[C@@H]2CO)[C@@H](O)[C@@H](O)[C@@H]1O. The molecule has 11 heteroatoms. The summed E-state index contributed by atoms with van der Waals surface area (Å²) >= 11 is 0. The molecule has 23 heavy (non-hydrogen) atoms. The lowest BCUT2D eigenvalue weighted by Crippen LogP contribution is -2.64. The highest BCUT2D eigenvalue weighted by Gasteiger charge is 2.50. The molecule has 2 aliphatic heterocycles. The van der Waals surface area contributed by atoms with E-state index in [1.54, 1.807) is 0 Å². The number of hydrogen-bond acceptors (Lipinski definition) is 11. The van der Waals surface area contributed by atoms with Gasteiger partial charge in [-0.05, 0) is 0 Å². The van der Waals surface area contributed by atoms with Crippen LogP contribution in [0.25, 0.3) is 0 Å². The Kier molecular flexibility index (Phi) is 6.27. The molecule has 0 amide bonds. The van der Waals surface area contributed by atoms with E-state index in [1.165, 1.54) is 0 Å². The zero-order valence-electron chi connectivity index (χ0n) is 12.0. The zero-order chi connectivity index (χ0) is 17.3. The van der Waals surface area contributed by atoms with Crippen LogP contribution in [0.15, 0.2) is 0 Å². The lowest BCUT2D eigenvalue weighted by molar-refractivity contribution is -0.355. The highest BCUT2D eigenvalue weighted by Crippen LogP contribution is 2.28. The third-order valence-electron chi connectivity index (χ3n) is 3.98. The first-order valence-corrected chi connectivity index (χ1v) is 7.08. The molecule has 0 aromatic heterocycles. The van der Waals surface area contributed by atoms with Crippen LogP contribution in [0, 0.1) is 0 Å². The average Bonchev–Trinajstić information content (AvgIpc) is 2.55. The molecule has 2 fully saturated rings. The molecule has 8 N–H and O–H groups in total. The number of ether oxygens (including phenoxy) is 3. The van der Waals surface area contributed by atoms with Crippen molar-refractivity contribution in [3.8, 4) is 0 Å². The minimum Gasteiger partial charge on any atom is -0.394 e. The second kappa shape index (κ2) is 7.63. The second-order valence-electron chi connectivity index (χ2n) is 5.53. The van der Waals surface area contributed by atoms with Gasteiger partial charge in [0.25, 0.3) is 0 Å². The predicted octanol–water partition coefficient (Wildman–Crippen LogP) is -5.40. The number of hydrogen-bond donors (Lipinski definition) is 8. The van der Waals surface area contributed by atoms with Gasteiger partial charge in [-0.25, -0.2) is 0 Å². The van der Waals surface area contributed by atoms with Crippen LogP contribution in [0.3, 0.4) is 0 Å². The molecular formula is C12H22O11. The zero-order valence-corrected chi connectivity index (χ0v) is 12.0. The van der Waals surface area contributed by atoms with Crippen LogP contribution >= 0.6 is 0 Å². The van der Waals surface area contributed by atoms with Gasteiger partial charge < -0.3 is 55.1 Å². The van der Waals surface area contributed by atoms with Gasteiger partial charge in [-0.2, -0.15) is 0 Å². The topological polar surface area (TPSA) is 190 Å². The monoisotopic (exact) mass is 342 g/mol. The Labute approximate surface area is 130 Å².